The van der Waals surface area contributed by atoms with Crippen molar-refractivity contribution < 1.29 is 23.8 Å². The number of ether oxygens (including phenoxy) is 3. The molecule has 1 N–H and O–H groups in total. The van der Waals surface area contributed by atoms with Crippen LogP contribution >= 0.6 is 27.3 Å². The van der Waals surface area contributed by atoms with Crippen molar-refractivity contribution in [3.63, 3.8) is 0 Å². The summed E-state index contributed by atoms with van der Waals surface area (Å²) in [6.45, 7) is 2.37. The number of nitrogens with one attached hydrogen (secondary N) is 1. The topological polar surface area (TPSA) is 73.9 Å². The SMILES string of the molecule is CCOC(=O)c1c(-c2ccccc2)csc1NC(=O)C=Cc1cc(Br)c(OCc2ccccc2)c(OC)c1. The summed E-state index contributed by atoms with van der Waals surface area (Å²) in [5.41, 5.74) is 3.70. The number of hydrogen-bond acceptors (Lipinski definition) is 6. The van der Waals surface area contributed by atoms with Gasteiger partial charge in [0, 0.05) is 17.0 Å². The Morgan fingerprint density at radius 1 is 1.03 bits per heavy atom. The summed E-state index contributed by atoms with van der Waals surface area (Å²) in [7, 11) is 1.56. The van der Waals surface area contributed by atoms with Crippen molar-refractivity contribution >= 4 is 50.2 Å². The van der Waals surface area contributed by atoms with Gasteiger partial charge in [-0.1, -0.05) is 60.7 Å². The van der Waals surface area contributed by atoms with Gasteiger partial charge in [0.1, 0.15) is 17.2 Å². The molecule has 0 atom stereocenters. The number of rotatable bonds is 10. The average molecular weight is 593 g/mol. The third-order valence-corrected chi connectivity index (χ3v) is 6.98. The van der Waals surface area contributed by atoms with Crippen molar-refractivity contribution in [3.8, 4) is 22.6 Å². The molecule has 6 nitrogen and oxygen atoms in total. The number of amides is 1. The van der Waals surface area contributed by atoms with E-state index in [0.29, 0.717) is 38.7 Å². The number of benzene rings is 3. The minimum absolute atomic E-state index is 0.234. The minimum Gasteiger partial charge on any atom is -0.493 e. The van der Waals surface area contributed by atoms with Gasteiger partial charge in [-0.15, -0.1) is 11.3 Å². The predicted molar refractivity (Wildman–Crippen MR) is 155 cm³/mol. The van der Waals surface area contributed by atoms with Crippen molar-refractivity contribution in [3.05, 3.63) is 105 Å². The van der Waals surface area contributed by atoms with Crippen molar-refractivity contribution in [1.82, 2.24) is 0 Å². The van der Waals surface area contributed by atoms with Crippen LogP contribution in [0.15, 0.2) is 88.7 Å². The van der Waals surface area contributed by atoms with Crippen LogP contribution in [0.4, 0.5) is 5.00 Å². The largest absolute Gasteiger partial charge is 0.493 e. The Bertz CT molecular complexity index is 1430. The highest BCUT2D eigenvalue weighted by molar-refractivity contribution is 9.10. The van der Waals surface area contributed by atoms with Crippen LogP contribution in [-0.4, -0.2) is 25.6 Å². The summed E-state index contributed by atoms with van der Waals surface area (Å²) < 4.78 is 17.5. The predicted octanol–water partition coefficient (Wildman–Crippen LogP) is 7.59. The molecule has 0 fully saturated rings. The smallest absolute Gasteiger partial charge is 0.341 e. The lowest BCUT2D eigenvalue weighted by Gasteiger charge is -2.13. The standard InChI is InChI=1S/C30H26BrNO5S/c1-3-36-30(34)27-23(22-12-8-5-9-13-22)19-38-29(27)32-26(33)15-14-21-16-24(31)28(25(17-21)35-2)37-18-20-10-6-4-7-11-20/h4-17,19H,3,18H2,1-2H3,(H,32,33). The Balaban J connectivity index is 1.51. The Kier molecular flexibility index (Phi) is 9.35. The van der Waals surface area contributed by atoms with E-state index in [9.17, 15) is 9.59 Å². The van der Waals surface area contributed by atoms with E-state index >= 15 is 0 Å². The molecule has 8 heteroatoms. The summed E-state index contributed by atoms with van der Waals surface area (Å²) in [4.78, 5) is 25.6. The van der Waals surface area contributed by atoms with Gasteiger partial charge in [-0.2, -0.15) is 0 Å². The molecular formula is C30H26BrNO5S. The first-order chi connectivity index (χ1) is 18.5. The monoisotopic (exact) mass is 591 g/mol. The minimum atomic E-state index is -0.480. The van der Waals surface area contributed by atoms with E-state index in [2.05, 4.69) is 21.2 Å². The summed E-state index contributed by atoms with van der Waals surface area (Å²) >= 11 is 4.83. The fraction of sp³-hybridized carbons (Fsp3) is 0.133. The van der Waals surface area contributed by atoms with Gasteiger partial charge in [0.05, 0.1) is 18.2 Å². The maximum absolute atomic E-state index is 12.8. The van der Waals surface area contributed by atoms with Crippen LogP contribution in [0.25, 0.3) is 17.2 Å². The number of methoxy groups -OCH3 is 1. The van der Waals surface area contributed by atoms with Gasteiger partial charge >= 0.3 is 5.97 Å². The lowest BCUT2D eigenvalue weighted by Crippen LogP contribution is -2.12. The molecule has 4 rings (SSSR count). The number of carbonyl (C=O) groups is 2. The Hall–Kier alpha value is -3.88. The van der Waals surface area contributed by atoms with E-state index in [1.165, 1.54) is 17.4 Å². The fourth-order valence-electron chi connectivity index (χ4n) is 3.72. The molecule has 0 saturated carbocycles. The van der Waals surface area contributed by atoms with Crippen LogP contribution in [0, 0.1) is 0 Å². The third-order valence-electron chi connectivity index (χ3n) is 5.50. The molecule has 1 aromatic heterocycles. The third kappa shape index (κ3) is 6.70. The zero-order valence-electron chi connectivity index (χ0n) is 20.9. The molecule has 0 saturated heterocycles. The second kappa shape index (κ2) is 13.1. The molecule has 4 aromatic rings. The molecule has 3 aromatic carbocycles. The van der Waals surface area contributed by atoms with Crippen LogP contribution < -0.4 is 14.8 Å². The maximum Gasteiger partial charge on any atom is 0.341 e. The quantitative estimate of drug-likeness (QED) is 0.152. The molecule has 1 amide bonds. The number of esters is 1. The van der Waals surface area contributed by atoms with E-state index in [-0.39, 0.29) is 12.5 Å². The molecule has 0 spiro atoms. The summed E-state index contributed by atoms with van der Waals surface area (Å²) in [5.74, 6) is 0.248. The second-order valence-electron chi connectivity index (χ2n) is 8.07. The van der Waals surface area contributed by atoms with Crippen molar-refractivity contribution in [2.75, 3.05) is 19.0 Å². The molecule has 0 aliphatic carbocycles. The number of carbonyl (C=O) groups excluding carboxylic acids is 2. The molecule has 194 valence electrons. The van der Waals surface area contributed by atoms with Crippen LogP contribution in [0.5, 0.6) is 11.5 Å². The molecular weight excluding hydrogens is 566 g/mol. The van der Waals surface area contributed by atoms with Gasteiger partial charge in [0.15, 0.2) is 11.5 Å². The van der Waals surface area contributed by atoms with Gasteiger partial charge < -0.3 is 19.5 Å². The molecule has 0 unspecified atom stereocenters. The lowest BCUT2D eigenvalue weighted by atomic mass is 10.0. The molecule has 0 aliphatic rings. The van der Waals surface area contributed by atoms with Gasteiger partial charge in [-0.05, 0) is 57.8 Å². The molecule has 38 heavy (non-hydrogen) atoms. The average Bonchev–Trinajstić information content (AvgIpc) is 3.35. The Morgan fingerprint density at radius 3 is 2.42 bits per heavy atom. The molecule has 0 bridgehead atoms. The van der Waals surface area contributed by atoms with E-state index in [4.69, 9.17) is 14.2 Å². The first-order valence-electron chi connectivity index (χ1n) is 11.9. The van der Waals surface area contributed by atoms with Crippen LogP contribution in [0.2, 0.25) is 0 Å². The van der Waals surface area contributed by atoms with Gasteiger partial charge in [0.25, 0.3) is 0 Å². The van der Waals surface area contributed by atoms with E-state index in [1.807, 2.05) is 72.1 Å². The van der Waals surface area contributed by atoms with Gasteiger partial charge in [0.2, 0.25) is 5.91 Å². The lowest BCUT2D eigenvalue weighted by molar-refractivity contribution is -0.111. The summed E-state index contributed by atoms with van der Waals surface area (Å²) in [5, 5.41) is 5.10. The number of anilines is 1. The Morgan fingerprint density at radius 2 is 1.74 bits per heavy atom. The van der Waals surface area contributed by atoms with E-state index in [1.54, 1.807) is 26.2 Å². The maximum atomic E-state index is 12.8. The first-order valence-corrected chi connectivity index (χ1v) is 13.5. The summed E-state index contributed by atoms with van der Waals surface area (Å²) in [6.07, 6.45) is 3.07. The summed E-state index contributed by atoms with van der Waals surface area (Å²) in [6, 6.07) is 23.0. The van der Waals surface area contributed by atoms with Crippen molar-refractivity contribution in [1.29, 1.82) is 0 Å². The zero-order valence-corrected chi connectivity index (χ0v) is 23.3. The second-order valence-corrected chi connectivity index (χ2v) is 9.80. The van der Waals surface area contributed by atoms with Gasteiger partial charge in [-0.3, -0.25) is 4.79 Å². The number of thiophene rings is 1. The highest BCUT2D eigenvalue weighted by Gasteiger charge is 2.22. The van der Waals surface area contributed by atoms with E-state index in [0.717, 1.165) is 16.7 Å². The van der Waals surface area contributed by atoms with Crippen molar-refractivity contribution in [2.45, 2.75) is 13.5 Å². The zero-order chi connectivity index (χ0) is 26.9. The highest BCUT2D eigenvalue weighted by Crippen LogP contribution is 2.38. The van der Waals surface area contributed by atoms with Crippen LogP contribution in [-0.2, 0) is 16.1 Å². The fourth-order valence-corrected chi connectivity index (χ4v) is 5.25. The normalized spacial score (nSPS) is 10.8. The Labute approximate surface area is 234 Å². The first kappa shape index (κ1) is 27.2. The van der Waals surface area contributed by atoms with Crippen molar-refractivity contribution in [2.24, 2.45) is 0 Å². The molecule has 1 heterocycles. The van der Waals surface area contributed by atoms with Crippen LogP contribution in [0.3, 0.4) is 0 Å². The molecule has 0 radical (unpaired) electrons. The highest BCUT2D eigenvalue weighted by atomic mass is 79.9. The van der Waals surface area contributed by atoms with Gasteiger partial charge in [-0.25, -0.2) is 4.79 Å². The number of hydrogen-bond donors (Lipinski definition) is 1. The van der Waals surface area contributed by atoms with Crippen LogP contribution in [0.1, 0.15) is 28.4 Å². The molecule has 0 aliphatic heterocycles. The number of halogens is 1. The van der Waals surface area contributed by atoms with E-state index < -0.39 is 5.97 Å².